The van der Waals surface area contributed by atoms with Crippen LogP contribution in [0.2, 0.25) is 0 Å². The number of amides is 3. The van der Waals surface area contributed by atoms with E-state index in [1.54, 1.807) is 4.90 Å². The second-order valence-electron chi connectivity index (χ2n) is 6.05. The topological polar surface area (TPSA) is 61.4 Å². The summed E-state index contributed by atoms with van der Waals surface area (Å²) in [7, 11) is 0. The molecule has 0 aromatic heterocycles. The lowest BCUT2D eigenvalue weighted by molar-refractivity contribution is -0.121. The summed E-state index contributed by atoms with van der Waals surface area (Å²) in [6.45, 7) is 1.03. The van der Waals surface area contributed by atoms with Gasteiger partial charge >= 0.3 is 6.03 Å². The highest BCUT2D eigenvalue weighted by molar-refractivity contribution is 5.93. The minimum atomic E-state index is -0.344. The van der Waals surface area contributed by atoms with Gasteiger partial charge in [0.1, 0.15) is 5.82 Å². The van der Waals surface area contributed by atoms with Gasteiger partial charge in [-0.15, -0.1) is 0 Å². The van der Waals surface area contributed by atoms with Crippen molar-refractivity contribution >= 4 is 23.3 Å². The number of carbonyl (C=O) groups excluding carboxylic acids is 2. The van der Waals surface area contributed by atoms with Gasteiger partial charge in [-0.25, -0.2) is 9.18 Å². The molecule has 0 bridgehead atoms. The predicted octanol–water partition coefficient (Wildman–Crippen LogP) is 3.71. The zero-order valence-electron chi connectivity index (χ0n) is 13.7. The van der Waals surface area contributed by atoms with Gasteiger partial charge in [0, 0.05) is 30.4 Å². The first-order valence-electron chi connectivity index (χ1n) is 8.29. The molecule has 5 nitrogen and oxygen atoms in total. The Labute approximate surface area is 145 Å². The van der Waals surface area contributed by atoms with Crippen molar-refractivity contribution in [1.29, 1.82) is 0 Å². The van der Waals surface area contributed by atoms with E-state index in [1.807, 2.05) is 30.3 Å². The number of nitrogens with one attached hydrogen (secondary N) is 2. The summed E-state index contributed by atoms with van der Waals surface area (Å²) in [5.74, 6) is -0.455. The number of nitrogens with zero attached hydrogens (tertiary/aromatic N) is 1. The van der Waals surface area contributed by atoms with Crippen LogP contribution in [0.15, 0.2) is 54.6 Å². The molecule has 0 radical (unpaired) electrons. The fourth-order valence-corrected chi connectivity index (χ4v) is 2.85. The Hall–Kier alpha value is -2.89. The molecule has 0 unspecified atom stereocenters. The second kappa shape index (κ2) is 7.79. The molecule has 1 fully saturated rings. The molecule has 1 aliphatic heterocycles. The maximum atomic E-state index is 12.9. The van der Waals surface area contributed by atoms with E-state index in [2.05, 4.69) is 10.6 Å². The van der Waals surface area contributed by atoms with Crippen molar-refractivity contribution in [2.75, 3.05) is 23.7 Å². The summed E-state index contributed by atoms with van der Waals surface area (Å²) in [6, 6.07) is 14.8. The summed E-state index contributed by atoms with van der Waals surface area (Å²) in [5, 5.41) is 5.65. The zero-order valence-corrected chi connectivity index (χ0v) is 13.7. The molecule has 3 rings (SSSR count). The van der Waals surface area contributed by atoms with Crippen LogP contribution in [0, 0.1) is 11.7 Å². The predicted molar refractivity (Wildman–Crippen MR) is 94.8 cm³/mol. The van der Waals surface area contributed by atoms with E-state index >= 15 is 0 Å². The second-order valence-corrected chi connectivity index (χ2v) is 6.05. The number of carbonyl (C=O) groups is 2. The molecule has 3 amide bonds. The van der Waals surface area contributed by atoms with E-state index in [0.717, 1.165) is 5.69 Å². The molecule has 1 saturated heterocycles. The molecular formula is C19H20FN3O2. The van der Waals surface area contributed by atoms with Crippen LogP contribution in [0.1, 0.15) is 12.8 Å². The maximum Gasteiger partial charge on any atom is 0.321 e. The average Bonchev–Trinajstić information content (AvgIpc) is 2.64. The number of rotatable bonds is 3. The fourth-order valence-electron chi connectivity index (χ4n) is 2.85. The van der Waals surface area contributed by atoms with Gasteiger partial charge in [0.2, 0.25) is 5.91 Å². The molecule has 2 aromatic carbocycles. The zero-order chi connectivity index (χ0) is 17.6. The molecule has 0 saturated carbocycles. The van der Waals surface area contributed by atoms with Crippen molar-refractivity contribution in [2.45, 2.75) is 12.8 Å². The van der Waals surface area contributed by atoms with E-state index < -0.39 is 0 Å². The number of anilines is 2. The van der Waals surface area contributed by atoms with Gasteiger partial charge in [-0.2, -0.15) is 0 Å². The molecule has 0 atom stereocenters. The maximum absolute atomic E-state index is 12.9. The molecule has 1 heterocycles. The summed E-state index contributed by atoms with van der Waals surface area (Å²) < 4.78 is 12.9. The number of benzene rings is 2. The molecule has 0 aliphatic carbocycles. The van der Waals surface area contributed by atoms with Crippen LogP contribution in [0.5, 0.6) is 0 Å². The third-order valence-electron chi connectivity index (χ3n) is 4.29. The SMILES string of the molecule is O=C(Nc1ccccc1)C1CCN(C(=O)Nc2ccc(F)cc2)CC1. The fraction of sp³-hybridized carbons (Fsp3) is 0.263. The number of piperidine rings is 1. The average molecular weight is 341 g/mol. The standard InChI is InChI=1S/C19H20FN3O2/c20-15-6-8-17(9-7-15)22-19(25)23-12-10-14(11-13-23)18(24)21-16-4-2-1-3-5-16/h1-9,14H,10-13H2,(H,21,24)(H,22,25). The van der Waals surface area contributed by atoms with Gasteiger partial charge in [-0.3, -0.25) is 4.79 Å². The van der Waals surface area contributed by atoms with Gasteiger partial charge in [0.15, 0.2) is 0 Å². The van der Waals surface area contributed by atoms with E-state index in [4.69, 9.17) is 0 Å². The Morgan fingerprint density at radius 3 is 2.12 bits per heavy atom. The molecule has 2 aromatic rings. The summed E-state index contributed by atoms with van der Waals surface area (Å²) >= 11 is 0. The lowest BCUT2D eigenvalue weighted by atomic mass is 9.96. The highest BCUT2D eigenvalue weighted by Crippen LogP contribution is 2.20. The normalized spacial score (nSPS) is 14.8. The first kappa shape index (κ1) is 17.0. The molecule has 2 N–H and O–H groups in total. The lowest BCUT2D eigenvalue weighted by Gasteiger charge is -2.31. The van der Waals surface area contributed by atoms with E-state index in [-0.39, 0.29) is 23.7 Å². The number of likely N-dealkylation sites (tertiary alicyclic amines) is 1. The van der Waals surface area contributed by atoms with Gasteiger partial charge in [0.05, 0.1) is 0 Å². The third-order valence-corrected chi connectivity index (χ3v) is 4.29. The summed E-state index contributed by atoms with van der Waals surface area (Å²) in [4.78, 5) is 26.2. The van der Waals surface area contributed by atoms with Gasteiger partial charge in [-0.1, -0.05) is 18.2 Å². The number of para-hydroxylation sites is 1. The van der Waals surface area contributed by atoms with Crippen molar-refractivity contribution in [3.05, 3.63) is 60.4 Å². The minimum absolute atomic E-state index is 0.00945. The van der Waals surface area contributed by atoms with Crippen LogP contribution >= 0.6 is 0 Å². The van der Waals surface area contributed by atoms with Gasteiger partial charge in [-0.05, 0) is 49.2 Å². The van der Waals surface area contributed by atoms with Gasteiger partial charge < -0.3 is 15.5 Å². The van der Waals surface area contributed by atoms with E-state index in [9.17, 15) is 14.0 Å². The smallest absolute Gasteiger partial charge is 0.321 e. The Bertz CT molecular complexity index is 726. The minimum Gasteiger partial charge on any atom is -0.326 e. The Morgan fingerprint density at radius 1 is 0.880 bits per heavy atom. The van der Waals surface area contributed by atoms with E-state index in [1.165, 1.54) is 24.3 Å². The van der Waals surface area contributed by atoms with Crippen LogP contribution in [0.4, 0.5) is 20.6 Å². The quantitative estimate of drug-likeness (QED) is 0.894. The molecule has 6 heteroatoms. The number of hydrogen-bond acceptors (Lipinski definition) is 2. The molecule has 0 spiro atoms. The van der Waals surface area contributed by atoms with Crippen LogP contribution < -0.4 is 10.6 Å². The Kier molecular flexibility index (Phi) is 5.28. The molecule has 1 aliphatic rings. The highest BCUT2D eigenvalue weighted by Gasteiger charge is 2.27. The first-order chi connectivity index (χ1) is 12.1. The van der Waals surface area contributed by atoms with E-state index in [0.29, 0.717) is 31.6 Å². The molecule has 25 heavy (non-hydrogen) atoms. The summed E-state index contributed by atoms with van der Waals surface area (Å²) in [6.07, 6.45) is 1.24. The van der Waals surface area contributed by atoms with Crippen LogP contribution in [-0.2, 0) is 4.79 Å². The first-order valence-corrected chi connectivity index (χ1v) is 8.29. The van der Waals surface area contributed by atoms with Crippen LogP contribution in [0.3, 0.4) is 0 Å². The van der Waals surface area contributed by atoms with Crippen molar-refractivity contribution < 1.29 is 14.0 Å². The van der Waals surface area contributed by atoms with Crippen LogP contribution in [0.25, 0.3) is 0 Å². The number of halogens is 1. The Balaban J connectivity index is 1.48. The monoisotopic (exact) mass is 341 g/mol. The van der Waals surface area contributed by atoms with Crippen molar-refractivity contribution in [3.8, 4) is 0 Å². The van der Waals surface area contributed by atoms with Crippen molar-refractivity contribution in [1.82, 2.24) is 4.90 Å². The number of hydrogen-bond donors (Lipinski definition) is 2. The summed E-state index contributed by atoms with van der Waals surface area (Å²) in [5.41, 5.74) is 1.33. The largest absolute Gasteiger partial charge is 0.326 e. The van der Waals surface area contributed by atoms with Gasteiger partial charge in [0.25, 0.3) is 0 Å². The molecule has 130 valence electrons. The van der Waals surface area contributed by atoms with Crippen molar-refractivity contribution in [2.24, 2.45) is 5.92 Å². The molecular weight excluding hydrogens is 321 g/mol. The number of urea groups is 1. The third kappa shape index (κ3) is 4.56. The van der Waals surface area contributed by atoms with Crippen molar-refractivity contribution in [3.63, 3.8) is 0 Å². The Morgan fingerprint density at radius 2 is 1.48 bits per heavy atom. The van der Waals surface area contributed by atoms with Crippen LogP contribution in [-0.4, -0.2) is 29.9 Å². The lowest BCUT2D eigenvalue weighted by Crippen LogP contribution is -2.43. The highest BCUT2D eigenvalue weighted by atomic mass is 19.1.